The zero-order chi connectivity index (χ0) is 16.6. The van der Waals surface area contributed by atoms with Gasteiger partial charge in [0.15, 0.2) is 0 Å². The lowest BCUT2D eigenvalue weighted by atomic mass is 10.0. The lowest BCUT2D eigenvalue weighted by Gasteiger charge is -2.02. The minimum Gasteiger partial charge on any atom is -0.144 e. The van der Waals surface area contributed by atoms with Crippen molar-refractivity contribution in [2.24, 2.45) is 0 Å². The van der Waals surface area contributed by atoms with E-state index >= 15 is 0 Å². The topological polar surface area (TPSA) is 0 Å². The zero-order valence-corrected chi connectivity index (χ0v) is 15.6. The lowest BCUT2D eigenvalue weighted by Crippen LogP contribution is -1.82. The van der Waals surface area contributed by atoms with Crippen LogP contribution < -0.4 is 0 Å². The number of hydrogen-bond donors (Lipinski definition) is 2. The molecule has 0 amide bonds. The van der Waals surface area contributed by atoms with Gasteiger partial charge in [0.1, 0.15) is 0 Å². The summed E-state index contributed by atoms with van der Waals surface area (Å²) < 4.78 is 0. The van der Waals surface area contributed by atoms with Gasteiger partial charge in [0.2, 0.25) is 0 Å². The van der Waals surface area contributed by atoms with E-state index in [9.17, 15) is 0 Å². The van der Waals surface area contributed by atoms with Crippen LogP contribution in [0.1, 0.15) is 41.5 Å². The summed E-state index contributed by atoms with van der Waals surface area (Å²) in [5.74, 6) is 0. The van der Waals surface area contributed by atoms with E-state index in [2.05, 4.69) is 38.4 Å². The van der Waals surface area contributed by atoms with Gasteiger partial charge >= 0.3 is 0 Å². The molecule has 0 spiro atoms. The third kappa shape index (κ3) is 15.2. The zero-order valence-electron chi connectivity index (χ0n) is 13.8. The summed E-state index contributed by atoms with van der Waals surface area (Å²) >= 11 is 8.24. The maximum Gasteiger partial charge on any atom is -0.00318 e. The summed E-state index contributed by atoms with van der Waals surface area (Å²) in [6, 6.07) is 0. The lowest BCUT2D eigenvalue weighted by molar-refractivity contribution is 1.47. The number of allylic oxidation sites excluding steroid dienone is 8. The summed E-state index contributed by atoms with van der Waals surface area (Å²) in [5, 5.41) is 0. The molecule has 0 aliphatic rings. The van der Waals surface area contributed by atoms with E-state index in [0.29, 0.717) is 0 Å². The molecule has 0 heterocycles. The Morgan fingerprint density at radius 3 is 1.05 bits per heavy atom. The van der Waals surface area contributed by atoms with Crippen LogP contribution >= 0.6 is 25.3 Å². The van der Waals surface area contributed by atoms with Crippen LogP contribution in [0.15, 0.2) is 70.6 Å². The summed E-state index contributed by atoms with van der Waals surface area (Å²) in [6.45, 7) is 19.4. The molecule has 0 aromatic heterocycles. The van der Waals surface area contributed by atoms with Crippen LogP contribution in [0.3, 0.4) is 0 Å². The SMILES string of the molecule is C=C(S)\C=C/C(=C\C)C(/C=C\C(=C)S)=C/C.CC.CC. The van der Waals surface area contributed by atoms with E-state index < -0.39 is 0 Å². The molecule has 0 rings (SSSR count). The largest absolute Gasteiger partial charge is 0.144 e. The van der Waals surface area contributed by atoms with Crippen LogP contribution in [0.5, 0.6) is 0 Å². The highest BCUT2D eigenvalue weighted by atomic mass is 32.1. The molecule has 2 heteroatoms. The van der Waals surface area contributed by atoms with Crippen molar-refractivity contribution in [3.63, 3.8) is 0 Å². The summed E-state index contributed by atoms with van der Waals surface area (Å²) in [7, 11) is 0. The fraction of sp³-hybridized carbons (Fsp3) is 0.333. The molecular weight excluding hydrogens is 280 g/mol. The first-order valence-electron chi connectivity index (χ1n) is 6.96. The average Bonchev–Trinajstić information content (AvgIpc) is 2.46. The Labute approximate surface area is 137 Å². The second-order valence-electron chi connectivity index (χ2n) is 3.14. The second kappa shape index (κ2) is 18.1. The van der Waals surface area contributed by atoms with Crippen molar-refractivity contribution in [1.82, 2.24) is 0 Å². The molecule has 0 aliphatic heterocycles. The molecule has 0 fully saturated rings. The quantitative estimate of drug-likeness (QED) is 0.399. The molecule has 0 aromatic carbocycles. The van der Waals surface area contributed by atoms with Gasteiger partial charge in [0.05, 0.1) is 0 Å². The molecule has 0 saturated heterocycles. The van der Waals surface area contributed by atoms with Crippen molar-refractivity contribution in [2.75, 3.05) is 0 Å². The Hall–Kier alpha value is -0.860. The van der Waals surface area contributed by atoms with Crippen LogP contribution in [-0.2, 0) is 0 Å². The van der Waals surface area contributed by atoms with Crippen LogP contribution in [0.25, 0.3) is 0 Å². The number of thiol groups is 2. The maximum atomic E-state index is 4.12. The van der Waals surface area contributed by atoms with E-state index in [4.69, 9.17) is 0 Å². The summed E-state index contributed by atoms with van der Waals surface area (Å²) in [5.41, 5.74) is 2.23. The minimum absolute atomic E-state index is 0.734. The third-order valence-electron chi connectivity index (χ3n) is 1.87. The molecule has 114 valence electrons. The van der Waals surface area contributed by atoms with E-state index in [1.807, 2.05) is 78.0 Å². The van der Waals surface area contributed by atoms with Crippen molar-refractivity contribution >= 4 is 25.3 Å². The minimum atomic E-state index is 0.734. The van der Waals surface area contributed by atoms with Crippen LogP contribution in [-0.4, -0.2) is 0 Å². The van der Waals surface area contributed by atoms with Crippen LogP contribution in [0.4, 0.5) is 0 Å². The van der Waals surface area contributed by atoms with Crippen LogP contribution in [0, 0.1) is 0 Å². The molecule has 0 bridgehead atoms. The number of rotatable bonds is 5. The molecule has 0 radical (unpaired) electrons. The van der Waals surface area contributed by atoms with Crippen LogP contribution in [0.2, 0.25) is 0 Å². The molecule has 20 heavy (non-hydrogen) atoms. The smallest absolute Gasteiger partial charge is 0.00318 e. The first-order valence-corrected chi connectivity index (χ1v) is 7.85. The molecule has 0 nitrogen and oxygen atoms in total. The molecular formula is C18H30S2. The van der Waals surface area contributed by atoms with E-state index in [0.717, 1.165) is 21.0 Å². The molecule has 0 aromatic rings. The highest BCUT2D eigenvalue weighted by Gasteiger charge is 1.95. The Bertz CT molecular complexity index is 342. The predicted molar refractivity (Wildman–Crippen MR) is 105 cm³/mol. The van der Waals surface area contributed by atoms with Crippen molar-refractivity contribution in [2.45, 2.75) is 41.5 Å². The Morgan fingerprint density at radius 2 is 0.900 bits per heavy atom. The van der Waals surface area contributed by atoms with E-state index in [1.54, 1.807) is 0 Å². The fourth-order valence-corrected chi connectivity index (χ4v) is 1.24. The first-order chi connectivity index (χ1) is 9.51. The van der Waals surface area contributed by atoms with Crippen molar-refractivity contribution in [1.29, 1.82) is 0 Å². The normalized spacial score (nSPS) is 11.6. The van der Waals surface area contributed by atoms with Gasteiger partial charge in [-0.2, -0.15) is 0 Å². The van der Waals surface area contributed by atoms with Gasteiger partial charge < -0.3 is 0 Å². The van der Waals surface area contributed by atoms with Gasteiger partial charge in [-0.05, 0) is 47.0 Å². The molecule has 0 N–H and O–H groups in total. The molecule has 0 saturated carbocycles. The maximum absolute atomic E-state index is 4.12. The monoisotopic (exact) mass is 310 g/mol. The van der Waals surface area contributed by atoms with Crippen molar-refractivity contribution in [3.05, 3.63) is 70.6 Å². The average molecular weight is 311 g/mol. The van der Waals surface area contributed by atoms with E-state index in [1.165, 1.54) is 0 Å². The van der Waals surface area contributed by atoms with Crippen molar-refractivity contribution in [3.8, 4) is 0 Å². The molecule has 0 unspecified atom stereocenters. The Balaban J connectivity index is -0.000000656. The second-order valence-corrected chi connectivity index (χ2v) is 4.29. The van der Waals surface area contributed by atoms with Gasteiger partial charge in [-0.1, -0.05) is 65.2 Å². The third-order valence-corrected chi connectivity index (χ3v) is 2.16. The highest BCUT2D eigenvalue weighted by molar-refractivity contribution is 7.84. The Kier molecular flexibility index (Phi) is 21.9. The fourth-order valence-electron chi connectivity index (χ4n) is 1.09. The van der Waals surface area contributed by atoms with Gasteiger partial charge in [-0.15, -0.1) is 25.3 Å². The van der Waals surface area contributed by atoms with Gasteiger partial charge in [-0.25, -0.2) is 0 Å². The molecule has 0 aliphatic carbocycles. The molecule has 0 atom stereocenters. The summed E-state index contributed by atoms with van der Waals surface area (Å²) in [6.07, 6.45) is 11.8. The van der Waals surface area contributed by atoms with Gasteiger partial charge in [0.25, 0.3) is 0 Å². The predicted octanol–water partition coefficient (Wildman–Crippen LogP) is 6.93. The Morgan fingerprint density at radius 1 is 0.650 bits per heavy atom. The first kappa shape index (κ1) is 24.2. The number of hydrogen-bond acceptors (Lipinski definition) is 2. The van der Waals surface area contributed by atoms with Crippen molar-refractivity contribution < 1.29 is 0 Å². The van der Waals surface area contributed by atoms with Gasteiger partial charge in [0, 0.05) is 0 Å². The van der Waals surface area contributed by atoms with Gasteiger partial charge in [-0.3, -0.25) is 0 Å². The summed E-state index contributed by atoms with van der Waals surface area (Å²) in [4.78, 5) is 1.47. The standard InChI is InChI=1S/C14H18S2.2C2H6/c1-5-13(9-7-11(3)15)14(6-2)10-8-12(4)16;2*1-2/h5-10,15-16H,3-4H2,1-2H3;2*1-2H3/b9-7-,10-8-,13-5+,14-6+;;. The van der Waals surface area contributed by atoms with E-state index in [-0.39, 0.29) is 0 Å². The highest BCUT2D eigenvalue weighted by Crippen LogP contribution is 2.16.